The van der Waals surface area contributed by atoms with Gasteiger partial charge in [-0.05, 0) is 51.2 Å². The molecule has 0 amide bonds. The fourth-order valence-corrected chi connectivity index (χ4v) is 2.93. The molecule has 108 valence electrons. The molecule has 4 heteroatoms. The molecular formula is C16H23N3O. The molecule has 1 heterocycles. The summed E-state index contributed by atoms with van der Waals surface area (Å²) in [5.41, 5.74) is 3.12. The maximum Gasteiger partial charge on any atom is 0.147 e. The van der Waals surface area contributed by atoms with E-state index in [-0.39, 0.29) is 6.04 Å². The molecule has 1 aliphatic rings. The van der Waals surface area contributed by atoms with Crippen molar-refractivity contribution in [3.05, 3.63) is 22.9 Å². The van der Waals surface area contributed by atoms with Gasteiger partial charge >= 0.3 is 0 Å². The second kappa shape index (κ2) is 6.71. The van der Waals surface area contributed by atoms with Crippen molar-refractivity contribution in [2.45, 2.75) is 45.6 Å². The summed E-state index contributed by atoms with van der Waals surface area (Å²) >= 11 is 0. The molecule has 1 aliphatic carbocycles. The van der Waals surface area contributed by atoms with Crippen molar-refractivity contribution in [1.82, 2.24) is 4.98 Å². The quantitative estimate of drug-likeness (QED) is 0.827. The first-order valence-corrected chi connectivity index (χ1v) is 7.39. The lowest BCUT2D eigenvalue weighted by Crippen LogP contribution is -2.37. The fourth-order valence-electron chi connectivity index (χ4n) is 2.93. The van der Waals surface area contributed by atoms with Gasteiger partial charge in [0.1, 0.15) is 11.9 Å². The zero-order chi connectivity index (χ0) is 14.5. The number of anilines is 1. The van der Waals surface area contributed by atoms with Crippen LogP contribution >= 0.6 is 0 Å². The summed E-state index contributed by atoms with van der Waals surface area (Å²) in [5.74, 6) is 0.820. The van der Waals surface area contributed by atoms with Gasteiger partial charge in [-0.1, -0.05) is 0 Å². The Bertz CT molecular complexity index is 507. The topological polar surface area (TPSA) is 49.2 Å². The molecule has 0 N–H and O–H groups in total. The number of likely N-dealkylation sites (N-methyl/N-ethyl adjacent to an activating group) is 1. The monoisotopic (exact) mass is 273 g/mol. The van der Waals surface area contributed by atoms with Gasteiger partial charge in [-0.15, -0.1) is 0 Å². The van der Waals surface area contributed by atoms with E-state index in [1.165, 1.54) is 24.1 Å². The van der Waals surface area contributed by atoms with Gasteiger partial charge in [0.25, 0.3) is 0 Å². The molecule has 0 aliphatic heterocycles. The summed E-state index contributed by atoms with van der Waals surface area (Å²) < 4.78 is 5.24. The highest BCUT2D eigenvalue weighted by molar-refractivity contribution is 5.57. The maximum atomic E-state index is 9.43. The van der Waals surface area contributed by atoms with Gasteiger partial charge < -0.3 is 9.64 Å². The molecule has 0 spiro atoms. The van der Waals surface area contributed by atoms with Gasteiger partial charge in [0.05, 0.1) is 18.2 Å². The number of fused-ring (bicyclic) bond motifs is 1. The molecule has 1 unspecified atom stereocenters. The minimum absolute atomic E-state index is 0.214. The molecule has 0 radical (unpaired) electrons. The van der Waals surface area contributed by atoms with Crippen LogP contribution in [0.3, 0.4) is 0 Å². The number of nitrogens with zero attached hydrogens (tertiary/aromatic N) is 3. The number of methoxy groups -OCH3 is 1. The van der Waals surface area contributed by atoms with Crippen molar-refractivity contribution in [3.8, 4) is 6.07 Å². The Hall–Kier alpha value is -1.60. The largest absolute Gasteiger partial charge is 0.383 e. The van der Waals surface area contributed by atoms with Gasteiger partial charge in [0.15, 0.2) is 0 Å². The van der Waals surface area contributed by atoms with Crippen molar-refractivity contribution in [2.24, 2.45) is 0 Å². The van der Waals surface area contributed by atoms with Crippen LogP contribution in [0.1, 0.15) is 43.5 Å². The molecule has 1 aromatic rings. The molecular weight excluding hydrogens is 250 g/mol. The first-order valence-electron chi connectivity index (χ1n) is 7.39. The van der Waals surface area contributed by atoms with E-state index in [1.807, 2.05) is 6.07 Å². The highest BCUT2D eigenvalue weighted by Gasteiger charge is 2.21. The second-order valence-corrected chi connectivity index (χ2v) is 5.37. The summed E-state index contributed by atoms with van der Waals surface area (Å²) in [6.07, 6.45) is 4.49. The van der Waals surface area contributed by atoms with Gasteiger partial charge in [0, 0.05) is 19.3 Å². The normalized spacial score (nSPS) is 15.3. The third kappa shape index (κ3) is 2.94. The first-order chi connectivity index (χ1) is 9.71. The third-order valence-electron chi connectivity index (χ3n) is 3.95. The molecule has 1 aromatic heterocycles. The van der Waals surface area contributed by atoms with E-state index in [9.17, 15) is 5.26 Å². The van der Waals surface area contributed by atoms with E-state index in [0.717, 1.165) is 25.2 Å². The van der Waals surface area contributed by atoms with Crippen molar-refractivity contribution in [1.29, 1.82) is 5.26 Å². The molecule has 0 bridgehead atoms. The fraction of sp³-hybridized carbons (Fsp3) is 0.625. The Morgan fingerprint density at radius 2 is 2.20 bits per heavy atom. The third-order valence-corrected chi connectivity index (χ3v) is 3.95. The Balaban J connectivity index is 2.40. The number of rotatable bonds is 5. The lowest BCUT2D eigenvalue weighted by atomic mass is 9.94. The van der Waals surface area contributed by atoms with Crippen LogP contribution in [0.15, 0.2) is 6.07 Å². The molecule has 2 rings (SSSR count). The van der Waals surface area contributed by atoms with E-state index >= 15 is 0 Å². The molecule has 0 saturated heterocycles. The van der Waals surface area contributed by atoms with Crippen LogP contribution < -0.4 is 4.90 Å². The number of aryl methyl sites for hydroxylation is 2. The van der Waals surface area contributed by atoms with Crippen LogP contribution in [0.25, 0.3) is 0 Å². The number of nitriles is 1. The average molecular weight is 273 g/mol. The smallest absolute Gasteiger partial charge is 0.147 e. The van der Waals surface area contributed by atoms with Crippen LogP contribution in [0, 0.1) is 11.3 Å². The summed E-state index contributed by atoms with van der Waals surface area (Å²) in [6.45, 7) is 5.66. The van der Waals surface area contributed by atoms with Gasteiger partial charge in [-0.3, -0.25) is 0 Å². The van der Waals surface area contributed by atoms with Gasteiger partial charge in [-0.25, -0.2) is 4.98 Å². The summed E-state index contributed by atoms with van der Waals surface area (Å²) in [6, 6.07) is 4.57. The Labute approximate surface area is 121 Å². The minimum Gasteiger partial charge on any atom is -0.383 e. The SMILES string of the molecule is CCN(c1nc2c(cc1C#N)CCCC2)C(C)COC. The second-order valence-electron chi connectivity index (χ2n) is 5.37. The summed E-state index contributed by atoms with van der Waals surface area (Å²) in [5, 5.41) is 9.43. The zero-order valence-corrected chi connectivity index (χ0v) is 12.6. The molecule has 0 saturated carbocycles. The van der Waals surface area contributed by atoms with Crippen LogP contribution in [-0.4, -0.2) is 31.3 Å². The number of ether oxygens (including phenoxy) is 1. The van der Waals surface area contributed by atoms with E-state index in [0.29, 0.717) is 12.2 Å². The summed E-state index contributed by atoms with van der Waals surface area (Å²) in [7, 11) is 1.70. The number of hydrogen-bond donors (Lipinski definition) is 0. The lowest BCUT2D eigenvalue weighted by molar-refractivity contribution is 0.181. The number of aromatic nitrogens is 1. The van der Waals surface area contributed by atoms with E-state index in [1.54, 1.807) is 7.11 Å². The predicted octanol–water partition coefficient (Wildman–Crippen LogP) is 2.69. The zero-order valence-electron chi connectivity index (χ0n) is 12.6. The number of pyridine rings is 1. The van der Waals surface area contributed by atoms with Crippen LogP contribution in [0.2, 0.25) is 0 Å². The van der Waals surface area contributed by atoms with Crippen LogP contribution in [-0.2, 0) is 17.6 Å². The average Bonchev–Trinajstić information content (AvgIpc) is 2.47. The molecule has 0 aromatic carbocycles. The molecule has 4 nitrogen and oxygen atoms in total. The van der Waals surface area contributed by atoms with Crippen LogP contribution in [0.5, 0.6) is 0 Å². The number of hydrogen-bond acceptors (Lipinski definition) is 4. The maximum absolute atomic E-state index is 9.43. The van der Waals surface area contributed by atoms with Crippen molar-refractivity contribution in [2.75, 3.05) is 25.2 Å². The molecule has 20 heavy (non-hydrogen) atoms. The highest BCUT2D eigenvalue weighted by Crippen LogP contribution is 2.27. The van der Waals surface area contributed by atoms with Gasteiger partial charge in [0.2, 0.25) is 0 Å². The minimum atomic E-state index is 0.214. The Morgan fingerprint density at radius 1 is 1.45 bits per heavy atom. The van der Waals surface area contributed by atoms with Crippen LogP contribution in [0.4, 0.5) is 5.82 Å². The van der Waals surface area contributed by atoms with E-state index in [4.69, 9.17) is 9.72 Å². The Morgan fingerprint density at radius 3 is 2.85 bits per heavy atom. The van der Waals surface area contributed by atoms with E-state index in [2.05, 4.69) is 24.8 Å². The standard InChI is InChI=1S/C16H23N3O/c1-4-19(12(2)11-20-3)16-14(10-17)9-13-7-5-6-8-15(13)18-16/h9,12H,4-8,11H2,1-3H3. The Kier molecular flexibility index (Phi) is 4.97. The van der Waals surface area contributed by atoms with Gasteiger partial charge in [-0.2, -0.15) is 5.26 Å². The predicted molar refractivity (Wildman–Crippen MR) is 80.0 cm³/mol. The molecule has 1 atom stereocenters. The van der Waals surface area contributed by atoms with Crippen molar-refractivity contribution < 1.29 is 4.74 Å². The van der Waals surface area contributed by atoms with Crippen molar-refractivity contribution in [3.63, 3.8) is 0 Å². The summed E-state index contributed by atoms with van der Waals surface area (Å²) in [4.78, 5) is 6.97. The first kappa shape index (κ1) is 14.8. The lowest BCUT2D eigenvalue weighted by Gasteiger charge is -2.30. The van der Waals surface area contributed by atoms with Crippen molar-refractivity contribution >= 4 is 5.82 Å². The highest BCUT2D eigenvalue weighted by atomic mass is 16.5. The van der Waals surface area contributed by atoms with E-state index < -0.39 is 0 Å². The molecule has 0 fully saturated rings.